The van der Waals surface area contributed by atoms with Crippen molar-refractivity contribution in [1.29, 1.82) is 0 Å². The SMILES string of the molecule is C=Cc1cc(OC(=O)c2ccc(OCC)c(C3COc4ccc(OC(=O)c5ccc6cc(OC)ccc6c5)cc43)c2)ccc1CC(C)OC. The van der Waals surface area contributed by atoms with Gasteiger partial charge < -0.3 is 28.4 Å². The van der Waals surface area contributed by atoms with Crippen LogP contribution in [0, 0.1) is 0 Å². The Balaban J connectivity index is 1.23. The average Bonchev–Trinajstić information content (AvgIpc) is 3.55. The van der Waals surface area contributed by atoms with Crippen molar-refractivity contribution in [3.05, 3.63) is 131 Å². The molecule has 6 rings (SSSR count). The first-order valence-electron chi connectivity index (χ1n) is 16.1. The summed E-state index contributed by atoms with van der Waals surface area (Å²) in [5.41, 5.74) is 4.30. The van der Waals surface area contributed by atoms with Gasteiger partial charge in [-0.2, -0.15) is 0 Å². The molecule has 0 radical (unpaired) electrons. The monoisotopic (exact) mass is 658 g/mol. The lowest BCUT2D eigenvalue weighted by molar-refractivity contribution is 0.0725. The summed E-state index contributed by atoms with van der Waals surface area (Å²) in [5.74, 6) is 1.56. The Morgan fingerprint density at radius 3 is 2.22 bits per heavy atom. The van der Waals surface area contributed by atoms with Crippen molar-refractivity contribution in [1.82, 2.24) is 0 Å². The molecule has 5 aromatic rings. The van der Waals surface area contributed by atoms with Gasteiger partial charge in [-0.3, -0.25) is 0 Å². The smallest absolute Gasteiger partial charge is 0.343 e. The number of ether oxygens (including phenoxy) is 6. The van der Waals surface area contributed by atoms with Crippen molar-refractivity contribution in [3.63, 3.8) is 0 Å². The van der Waals surface area contributed by atoms with Crippen LogP contribution in [0.1, 0.15) is 62.7 Å². The van der Waals surface area contributed by atoms with E-state index in [1.165, 1.54) is 0 Å². The zero-order valence-corrected chi connectivity index (χ0v) is 28.0. The highest BCUT2D eigenvalue weighted by atomic mass is 16.5. The highest BCUT2D eigenvalue weighted by molar-refractivity contribution is 5.97. The van der Waals surface area contributed by atoms with Gasteiger partial charge >= 0.3 is 11.9 Å². The predicted octanol–water partition coefficient (Wildman–Crippen LogP) is 8.43. The summed E-state index contributed by atoms with van der Waals surface area (Å²) in [6.45, 7) is 8.58. The fourth-order valence-electron chi connectivity index (χ4n) is 5.96. The zero-order chi connectivity index (χ0) is 34.5. The van der Waals surface area contributed by atoms with Crippen molar-refractivity contribution < 1.29 is 38.0 Å². The van der Waals surface area contributed by atoms with Crippen LogP contribution in [0.2, 0.25) is 0 Å². The number of methoxy groups -OCH3 is 2. The summed E-state index contributed by atoms with van der Waals surface area (Å²) >= 11 is 0. The molecule has 8 heteroatoms. The lowest BCUT2D eigenvalue weighted by atomic mass is 9.91. The summed E-state index contributed by atoms with van der Waals surface area (Å²) in [5, 5.41) is 1.85. The molecule has 0 amide bonds. The first-order chi connectivity index (χ1) is 23.8. The second kappa shape index (κ2) is 14.7. The van der Waals surface area contributed by atoms with Crippen LogP contribution in [0.5, 0.6) is 28.7 Å². The summed E-state index contributed by atoms with van der Waals surface area (Å²) in [6, 6.07) is 27.1. The maximum atomic E-state index is 13.4. The summed E-state index contributed by atoms with van der Waals surface area (Å²) < 4.78 is 34.4. The third-order valence-corrected chi connectivity index (χ3v) is 8.63. The molecule has 0 fully saturated rings. The van der Waals surface area contributed by atoms with Gasteiger partial charge in [0.1, 0.15) is 28.7 Å². The molecule has 2 unspecified atom stereocenters. The van der Waals surface area contributed by atoms with Crippen LogP contribution in [0.25, 0.3) is 16.8 Å². The first-order valence-corrected chi connectivity index (χ1v) is 16.1. The molecule has 0 bridgehead atoms. The molecule has 8 nitrogen and oxygen atoms in total. The highest BCUT2D eigenvalue weighted by Gasteiger charge is 2.30. The Labute approximate surface area is 285 Å². The molecule has 1 heterocycles. The molecular formula is C41H38O8. The fourth-order valence-corrected chi connectivity index (χ4v) is 5.96. The predicted molar refractivity (Wildman–Crippen MR) is 189 cm³/mol. The van der Waals surface area contributed by atoms with E-state index < -0.39 is 11.9 Å². The van der Waals surface area contributed by atoms with Crippen LogP contribution in [-0.2, 0) is 11.2 Å². The number of carbonyl (C=O) groups excluding carboxylic acids is 2. The van der Waals surface area contributed by atoms with Gasteiger partial charge in [0.05, 0.1) is 43.5 Å². The van der Waals surface area contributed by atoms with Gasteiger partial charge in [0.25, 0.3) is 0 Å². The first kappa shape index (κ1) is 33.3. The topological polar surface area (TPSA) is 89.5 Å². The van der Waals surface area contributed by atoms with Gasteiger partial charge in [-0.05, 0) is 115 Å². The lowest BCUT2D eigenvalue weighted by Crippen LogP contribution is -2.13. The van der Waals surface area contributed by atoms with Crippen LogP contribution < -0.4 is 23.7 Å². The van der Waals surface area contributed by atoms with E-state index in [4.69, 9.17) is 28.4 Å². The molecule has 0 aromatic heterocycles. The third-order valence-electron chi connectivity index (χ3n) is 8.63. The standard InChI is InChI=1S/C41H38O8/c1-6-26-20-33(14-11-27(26)18-25(3)44-4)48-41(43)31-12-16-38(46-7-2)35(22-31)37-24-47-39-17-15-34(23-36(37)39)49-40(42)30-9-8-29-21-32(45-5)13-10-28(29)19-30/h6,8-17,19-23,25,37H,1,7,18,24H2,2-5H3. The van der Waals surface area contributed by atoms with E-state index in [0.717, 1.165) is 38.8 Å². The van der Waals surface area contributed by atoms with E-state index in [-0.39, 0.29) is 12.0 Å². The van der Waals surface area contributed by atoms with Gasteiger partial charge in [0.2, 0.25) is 0 Å². The Morgan fingerprint density at radius 1 is 0.816 bits per heavy atom. The second-order valence-electron chi connectivity index (χ2n) is 11.8. The number of hydrogen-bond acceptors (Lipinski definition) is 8. The number of hydrogen-bond donors (Lipinski definition) is 0. The Bertz CT molecular complexity index is 2030. The Hall–Kier alpha value is -5.60. The van der Waals surface area contributed by atoms with Crippen LogP contribution >= 0.6 is 0 Å². The number of benzene rings is 5. The van der Waals surface area contributed by atoms with E-state index >= 15 is 0 Å². The quantitative estimate of drug-likeness (QED) is 0.0975. The van der Waals surface area contributed by atoms with Crippen molar-refractivity contribution in [2.75, 3.05) is 27.4 Å². The number of carbonyl (C=O) groups is 2. The minimum Gasteiger partial charge on any atom is -0.497 e. The summed E-state index contributed by atoms with van der Waals surface area (Å²) in [4.78, 5) is 26.6. The van der Waals surface area contributed by atoms with Crippen LogP contribution in [0.3, 0.4) is 0 Å². The van der Waals surface area contributed by atoms with Crippen molar-refractivity contribution in [2.24, 2.45) is 0 Å². The maximum Gasteiger partial charge on any atom is 0.343 e. The molecule has 2 atom stereocenters. The van der Waals surface area contributed by atoms with E-state index in [2.05, 4.69) is 6.58 Å². The van der Waals surface area contributed by atoms with Gasteiger partial charge in [-0.1, -0.05) is 30.9 Å². The Morgan fingerprint density at radius 2 is 1.49 bits per heavy atom. The molecule has 1 aliphatic rings. The van der Waals surface area contributed by atoms with E-state index in [9.17, 15) is 9.59 Å². The van der Waals surface area contributed by atoms with Crippen molar-refractivity contribution in [2.45, 2.75) is 32.3 Å². The largest absolute Gasteiger partial charge is 0.497 e. The van der Waals surface area contributed by atoms with Crippen LogP contribution in [0.4, 0.5) is 0 Å². The van der Waals surface area contributed by atoms with Gasteiger partial charge in [0, 0.05) is 18.2 Å². The fraction of sp³-hybridized carbons (Fsp3) is 0.220. The second-order valence-corrected chi connectivity index (χ2v) is 11.8. The third kappa shape index (κ3) is 7.29. The van der Waals surface area contributed by atoms with Gasteiger partial charge in [0.15, 0.2) is 0 Å². The molecule has 0 saturated heterocycles. The van der Waals surface area contributed by atoms with E-state index in [1.807, 2.05) is 44.2 Å². The average molecular weight is 659 g/mol. The van der Waals surface area contributed by atoms with Gasteiger partial charge in [-0.15, -0.1) is 0 Å². The number of fused-ring (bicyclic) bond motifs is 2. The number of rotatable bonds is 12. The molecule has 0 spiro atoms. The minimum absolute atomic E-state index is 0.0391. The van der Waals surface area contributed by atoms with E-state index in [0.29, 0.717) is 53.8 Å². The molecule has 0 saturated carbocycles. The molecule has 250 valence electrons. The van der Waals surface area contributed by atoms with Crippen LogP contribution in [-0.4, -0.2) is 45.5 Å². The minimum atomic E-state index is -0.507. The number of esters is 2. The lowest BCUT2D eigenvalue weighted by Gasteiger charge is -2.17. The van der Waals surface area contributed by atoms with Gasteiger partial charge in [-0.25, -0.2) is 9.59 Å². The van der Waals surface area contributed by atoms with Crippen molar-refractivity contribution >= 4 is 28.8 Å². The highest BCUT2D eigenvalue weighted by Crippen LogP contribution is 2.43. The summed E-state index contributed by atoms with van der Waals surface area (Å²) in [6.07, 6.45) is 2.49. The molecular weight excluding hydrogens is 620 g/mol. The molecule has 0 aliphatic carbocycles. The molecule has 1 aliphatic heterocycles. The summed E-state index contributed by atoms with van der Waals surface area (Å²) in [7, 11) is 3.29. The maximum absolute atomic E-state index is 13.4. The molecule has 0 N–H and O–H groups in total. The Kier molecular flexibility index (Phi) is 9.97. The zero-order valence-electron chi connectivity index (χ0n) is 28.0. The van der Waals surface area contributed by atoms with Crippen molar-refractivity contribution in [3.8, 4) is 28.7 Å². The molecule has 49 heavy (non-hydrogen) atoms. The molecule has 5 aromatic carbocycles. The normalized spacial score (nSPS) is 14.0. The van der Waals surface area contributed by atoms with Crippen LogP contribution in [0.15, 0.2) is 97.6 Å². The van der Waals surface area contributed by atoms with E-state index in [1.54, 1.807) is 81.0 Å².